The molecule has 0 radical (unpaired) electrons. The largest absolute Gasteiger partial charge is 0.487 e. The van der Waals surface area contributed by atoms with E-state index in [2.05, 4.69) is 10.4 Å². The van der Waals surface area contributed by atoms with Gasteiger partial charge >= 0.3 is 5.69 Å². The van der Waals surface area contributed by atoms with Crippen molar-refractivity contribution in [1.82, 2.24) is 15.1 Å². The summed E-state index contributed by atoms with van der Waals surface area (Å²) in [6, 6.07) is 15.7. The van der Waals surface area contributed by atoms with Crippen LogP contribution in [0.2, 0.25) is 0 Å². The molecule has 0 aliphatic carbocycles. The number of methoxy groups -OCH3 is 1. The van der Waals surface area contributed by atoms with E-state index in [-0.39, 0.29) is 23.6 Å². The van der Waals surface area contributed by atoms with Crippen molar-refractivity contribution >= 4 is 17.7 Å². The number of nitro groups is 1. The van der Waals surface area contributed by atoms with E-state index in [1.54, 1.807) is 31.0 Å². The minimum atomic E-state index is -0.528. The van der Waals surface area contributed by atoms with Gasteiger partial charge in [-0.2, -0.15) is 10.4 Å². The minimum Gasteiger partial charge on any atom is -0.487 e. The maximum atomic E-state index is 12.6. The third-order valence-corrected chi connectivity index (χ3v) is 4.97. The Balaban J connectivity index is 2.08. The lowest BCUT2D eigenvalue weighted by Crippen LogP contribution is -2.26. The third-order valence-electron chi connectivity index (χ3n) is 4.97. The van der Waals surface area contributed by atoms with Crippen molar-refractivity contribution in [2.75, 3.05) is 26.9 Å². The molecule has 0 aliphatic rings. The van der Waals surface area contributed by atoms with Crippen LogP contribution in [0.15, 0.2) is 60.3 Å². The van der Waals surface area contributed by atoms with Crippen LogP contribution in [0.5, 0.6) is 5.75 Å². The average Bonchev–Trinajstić information content (AvgIpc) is 3.29. The summed E-state index contributed by atoms with van der Waals surface area (Å²) in [5, 5.41) is 28.6. The van der Waals surface area contributed by atoms with Crippen LogP contribution in [-0.4, -0.2) is 47.5 Å². The van der Waals surface area contributed by atoms with Crippen LogP contribution < -0.4 is 10.1 Å². The van der Waals surface area contributed by atoms with Crippen molar-refractivity contribution in [3.63, 3.8) is 0 Å². The maximum absolute atomic E-state index is 12.6. The number of amides is 1. The maximum Gasteiger partial charge on any atom is 0.311 e. The lowest BCUT2D eigenvalue weighted by atomic mass is 10.0. The number of ether oxygens (including phenoxy) is 2. The van der Waals surface area contributed by atoms with E-state index in [1.165, 1.54) is 18.2 Å². The lowest BCUT2D eigenvalue weighted by molar-refractivity contribution is -0.385. The molecule has 10 nitrogen and oxygen atoms in total. The van der Waals surface area contributed by atoms with Crippen LogP contribution in [0.25, 0.3) is 23.0 Å². The van der Waals surface area contributed by atoms with E-state index in [4.69, 9.17) is 9.47 Å². The predicted octanol–water partition coefficient (Wildman–Crippen LogP) is 3.91. The standard InChI is InChI=1S/C25H25N5O5/c1-3-35-23-11-10-18(15-22(23)30(32)33)24-20(17-29(28-24)21-8-5-4-6-9-21)14-19(16-26)25(31)27-12-7-13-34-2/h4-6,8-11,14-15,17H,3,7,12-13H2,1-2H3,(H,27,31)/b19-14-. The molecule has 10 heteroatoms. The molecular formula is C25H25N5O5. The van der Waals surface area contributed by atoms with Crippen molar-refractivity contribution in [2.45, 2.75) is 13.3 Å². The Labute approximate surface area is 202 Å². The highest BCUT2D eigenvalue weighted by molar-refractivity contribution is 6.02. The molecule has 3 rings (SSSR count). The molecule has 0 fully saturated rings. The van der Waals surface area contributed by atoms with Gasteiger partial charge in [-0.1, -0.05) is 18.2 Å². The van der Waals surface area contributed by atoms with Crippen LogP contribution in [0.3, 0.4) is 0 Å². The van der Waals surface area contributed by atoms with Gasteiger partial charge in [0, 0.05) is 43.7 Å². The number of nitro benzene ring substituents is 1. The minimum absolute atomic E-state index is 0.114. The fourth-order valence-electron chi connectivity index (χ4n) is 3.33. The zero-order valence-electron chi connectivity index (χ0n) is 19.4. The molecule has 3 aromatic rings. The Bertz CT molecular complexity index is 1260. The van der Waals surface area contributed by atoms with Gasteiger partial charge in [0.2, 0.25) is 0 Å². The van der Waals surface area contributed by atoms with Crippen molar-refractivity contribution in [1.29, 1.82) is 5.26 Å². The molecule has 2 aromatic carbocycles. The molecular weight excluding hydrogens is 450 g/mol. The van der Waals surface area contributed by atoms with Crippen molar-refractivity contribution in [2.24, 2.45) is 0 Å². The Kier molecular flexibility index (Phi) is 8.70. The quantitative estimate of drug-likeness (QED) is 0.146. The highest BCUT2D eigenvalue weighted by Crippen LogP contribution is 2.34. The number of aromatic nitrogens is 2. The Morgan fingerprint density at radius 1 is 1.29 bits per heavy atom. The fraction of sp³-hybridized carbons (Fsp3) is 0.240. The number of carbonyl (C=O) groups is 1. The summed E-state index contributed by atoms with van der Waals surface area (Å²) < 4.78 is 11.9. The summed E-state index contributed by atoms with van der Waals surface area (Å²) in [4.78, 5) is 23.7. The van der Waals surface area contributed by atoms with Crippen molar-refractivity contribution < 1.29 is 19.2 Å². The van der Waals surface area contributed by atoms with Gasteiger partial charge in [0.05, 0.1) is 17.2 Å². The number of nitrogens with one attached hydrogen (secondary N) is 1. The molecule has 1 heterocycles. The zero-order valence-corrected chi connectivity index (χ0v) is 19.4. The topological polar surface area (TPSA) is 132 Å². The number of benzene rings is 2. The Hall–Kier alpha value is -4.49. The summed E-state index contributed by atoms with van der Waals surface area (Å²) >= 11 is 0. The summed E-state index contributed by atoms with van der Waals surface area (Å²) in [5.41, 5.74) is 1.70. The number of hydrogen-bond acceptors (Lipinski definition) is 7. The third kappa shape index (κ3) is 6.31. The van der Waals surface area contributed by atoms with E-state index < -0.39 is 10.8 Å². The lowest BCUT2D eigenvalue weighted by Gasteiger charge is -2.06. The number of nitrogens with zero attached hydrogens (tertiary/aromatic N) is 4. The van der Waals surface area contributed by atoms with Gasteiger partial charge < -0.3 is 14.8 Å². The monoisotopic (exact) mass is 475 g/mol. The first-order valence-electron chi connectivity index (χ1n) is 10.9. The van der Waals surface area contributed by atoms with Gasteiger partial charge in [0.25, 0.3) is 5.91 Å². The summed E-state index contributed by atoms with van der Waals surface area (Å²) in [6.07, 6.45) is 3.70. The number of para-hydroxylation sites is 1. The van der Waals surface area contributed by atoms with E-state index in [0.717, 1.165) is 5.69 Å². The molecule has 35 heavy (non-hydrogen) atoms. The average molecular weight is 476 g/mol. The van der Waals surface area contributed by atoms with Gasteiger partial charge in [-0.15, -0.1) is 0 Å². The molecule has 0 atom stereocenters. The molecule has 0 bridgehead atoms. The van der Waals surface area contributed by atoms with Crippen LogP contribution in [0.4, 0.5) is 5.69 Å². The Morgan fingerprint density at radius 2 is 2.06 bits per heavy atom. The SMILES string of the molecule is CCOc1ccc(-c2nn(-c3ccccc3)cc2/C=C(/C#N)C(=O)NCCCOC)cc1[N+](=O)[O-]. The molecule has 1 N–H and O–H groups in total. The van der Waals surface area contributed by atoms with E-state index in [0.29, 0.717) is 36.4 Å². The summed E-state index contributed by atoms with van der Waals surface area (Å²) in [6.45, 7) is 2.86. The predicted molar refractivity (Wildman–Crippen MR) is 130 cm³/mol. The normalized spacial score (nSPS) is 11.1. The number of carbonyl (C=O) groups excluding carboxylic acids is 1. The van der Waals surface area contributed by atoms with Gasteiger partial charge in [0.15, 0.2) is 5.75 Å². The second kappa shape index (κ2) is 12.1. The summed E-state index contributed by atoms with van der Waals surface area (Å²) in [5.74, 6) is -0.381. The molecule has 180 valence electrons. The molecule has 1 aromatic heterocycles. The van der Waals surface area contributed by atoms with Crippen molar-refractivity contribution in [3.05, 3.63) is 76.0 Å². The van der Waals surface area contributed by atoms with Crippen LogP contribution in [-0.2, 0) is 9.53 Å². The second-order valence-electron chi connectivity index (χ2n) is 7.36. The number of hydrogen-bond donors (Lipinski definition) is 1. The van der Waals surface area contributed by atoms with Gasteiger partial charge in [-0.25, -0.2) is 4.68 Å². The molecule has 1 amide bonds. The highest BCUT2D eigenvalue weighted by atomic mass is 16.6. The molecule has 0 saturated carbocycles. The van der Waals surface area contributed by atoms with Crippen LogP contribution in [0, 0.1) is 21.4 Å². The van der Waals surface area contributed by atoms with Gasteiger partial charge in [0.1, 0.15) is 17.3 Å². The second-order valence-corrected chi connectivity index (χ2v) is 7.36. The molecule has 0 unspecified atom stereocenters. The summed E-state index contributed by atoms with van der Waals surface area (Å²) in [7, 11) is 1.57. The number of nitriles is 1. The first-order chi connectivity index (χ1) is 17.0. The van der Waals surface area contributed by atoms with Gasteiger partial charge in [-0.3, -0.25) is 14.9 Å². The smallest absolute Gasteiger partial charge is 0.311 e. The highest BCUT2D eigenvalue weighted by Gasteiger charge is 2.20. The molecule has 0 aliphatic heterocycles. The molecule has 0 spiro atoms. The number of rotatable bonds is 11. The van der Waals surface area contributed by atoms with E-state index in [9.17, 15) is 20.2 Å². The zero-order chi connectivity index (χ0) is 25.2. The Morgan fingerprint density at radius 3 is 2.71 bits per heavy atom. The molecule has 0 saturated heterocycles. The van der Waals surface area contributed by atoms with Gasteiger partial charge in [-0.05, 0) is 43.7 Å². The van der Waals surface area contributed by atoms with Crippen molar-refractivity contribution in [3.8, 4) is 28.8 Å². The van der Waals surface area contributed by atoms with Crippen LogP contribution >= 0.6 is 0 Å². The first kappa shape index (κ1) is 25.1. The van der Waals surface area contributed by atoms with Crippen LogP contribution in [0.1, 0.15) is 18.9 Å². The first-order valence-corrected chi connectivity index (χ1v) is 10.9. The van der Waals surface area contributed by atoms with E-state index >= 15 is 0 Å². The van der Waals surface area contributed by atoms with E-state index in [1.807, 2.05) is 36.4 Å². The fourth-order valence-corrected chi connectivity index (χ4v) is 3.33.